The van der Waals surface area contributed by atoms with Crippen molar-refractivity contribution in [1.29, 1.82) is 0 Å². The Balaban J connectivity index is 1.41. The first-order chi connectivity index (χ1) is 13.7. The number of morpholine rings is 1. The average Bonchev–Trinajstić information content (AvgIpc) is 2.75. The minimum atomic E-state index is -1.08. The summed E-state index contributed by atoms with van der Waals surface area (Å²) >= 11 is 0. The number of nitrogens with zero attached hydrogens (tertiary/aromatic N) is 6. The lowest BCUT2D eigenvalue weighted by molar-refractivity contribution is 0.0690. The molecule has 0 saturated carbocycles. The Morgan fingerprint density at radius 3 is 2.57 bits per heavy atom. The summed E-state index contributed by atoms with van der Waals surface area (Å²) in [6, 6.07) is 2.22. The molecule has 2 fully saturated rings. The van der Waals surface area contributed by atoms with E-state index in [-0.39, 0.29) is 11.7 Å². The predicted molar refractivity (Wildman–Crippen MR) is 103 cm³/mol. The predicted octanol–water partition coefficient (Wildman–Crippen LogP) is 0.882. The molecule has 2 saturated heterocycles. The first-order valence-corrected chi connectivity index (χ1v) is 9.40. The molecule has 2 aliphatic rings. The van der Waals surface area contributed by atoms with Gasteiger partial charge >= 0.3 is 5.97 Å². The van der Waals surface area contributed by atoms with Gasteiger partial charge in [-0.15, -0.1) is 0 Å². The summed E-state index contributed by atoms with van der Waals surface area (Å²) in [5.74, 6) is 1.34. The van der Waals surface area contributed by atoms with Crippen LogP contribution in [0.4, 0.5) is 17.5 Å². The number of ether oxygens (including phenoxy) is 1. The van der Waals surface area contributed by atoms with Gasteiger partial charge in [0.25, 0.3) is 0 Å². The summed E-state index contributed by atoms with van der Waals surface area (Å²) in [5.41, 5.74) is -0.0625. The van der Waals surface area contributed by atoms with Gasteiger partial charge in [0.1, 0.15) is 23.8 Å². The van der Waals surface area contributed by atoms with Crippen molar-refractivity contribution in [3.05, 3.63) is 30.5 Å². The Bertz CT molecular complexity index is 811. The van der Waals surface area contributed by atoms with Gasteiger partial charge in [0.2, 0.25) is 0 Å². The molecule has 0 aromatic carbocycles. The average molecular weight is 385 g/mol. The van der Waals surface area contributed by atoms with E-state index in [1.54, 1.807) is 6.33 Å². The van der Waals surface area contributed by atoms with Crippen molar-refractivity contribution in [3.63, 3.8) is 0 Å². The zero-order valence-corrected chi connectivity index (χ0v) is 15.5. The lowest BCUT2D eigenvalue weighted by atomic mass is 10.1. The van der Waals surface area contributed by atoms with Gasteiger partial charge in [0.05, 0.1) is 25.6 Å². The van der Waals surface area contributed by atoms with Crippen LogP contribution in [0.15, 0.2) is 24.8 Å². The smallest absolute Gasteiger partial charge is 0.356 e. The molecule has 2 N–H and O–H groups in total. The van der Waals surface area contributed by atoms with Gasteiger partial charge < -0.3 is 25.0 Å². The maximum absolute atomic E-state index is 10.9. The van der Waals surface area contributed by atoms with Crippen LogP contribution in [0, 0.1) is 0 Å². The molecule has 4 heterocycles. The molecular weight excluding hydrogens is 362 g/mol. The Kier molecular flexibility index (Phi) is 5.47. The van der Waals surface area contributed by atoms with E-state index in [1.165, 1.54) is 12.4 Å². The highest BCUT2D eigenvalue weighted by Gasteiger charge is 2.22. The standard InChI is InChI=1S/C18H23N7O3/c26-18(27)14-9-20-15(10-19-14)23-13-2-1-3-25(11-13)17-8-16(21-12-22-17)24-4-6-28-7-5-24/h8-10,12-13H,1-7,11H2,(H,20,23)(H,26,27). The minimum Gasteiger partial charge on any atom is -0.476 e. The fraction of sp³-hybridized carbons (Fsp3) is 0.500. The molecule has 0 aliphatic carbocycles. The molecule has 4 rings (SSSR count). The number of aromatic carboxylic acids is 1. The van der Waals surface area contributed by atoms with Gasteiger partial charge in [0, 0.05) is 38.3 Å². The maximum atomic E-state index is 10.9. The molecule has 1 atom stereocenters. The molecule has 28 heavy (non-hydrogen) atoms. The molecule has 2 aromatic rings. The van der Waals surface area contributed by atoms with Crippen LogP contribution in [0.3, 0.4) is 0 Å². The molecule has 148 valence electrons. The quantitative estimate of drug-likeness (QED) is 0.768. The highest BCUT2D eigenvalue weighted by atomic mass is 16.5. The number of nitrogens with one attached hydrogen (secondary N) is 1. The van der Waals surface area contributed by atoms with E-state index in [1.807, 2.05) is 6.07 Å². The minimum absolute atomic E-state index is 0.0625. The number of carboxylic acid groups (broad SMARTS) is 1. The van der Waals surface area contributed by atoms with E-state index in [4.69, 9.17) is 9.84 Å². The SMILES string of the molecule is O=C(O)c1cnc(NC2CCCN(c3cc(N4CCOCC4)ncn3)C2)cn1. The highest BCUT2D eigenvalue weighted by molar-refractivity contribution is 5.84. The van der Waals surface area contributed by atoms with E-state index in [9.17, 15) is 4.79 Å². The van der Waals surface area contributed by atoms with E-state index in [0.717, 1.165) is 63.9 Å². The third-order valence-corrected chi connectivity index (χ3v) is 4.94. The lowest BCUT2D eigenvalue weighted by Gasteiger charge is -2.35. The van der Waals surface area contributed by atoms with Crippen LogP contribution in [0.5, 0.6) is 0 Å². The second kappa shape index (κ2) is 8.34. The number of hydrogen-bond donors (Lipinski definition) is 2. The molecule has 1 unspecified atom stereocenters. The number of hydrogen-bond acceptors (Lipinski definition) is 9. The summed E-state index contributed by atoms with van der Waals surface area (Å²) < 4.78 is 5.41. The van der Waals surface area contributed by atoms with Crippen molar-refractivity contribution >= 4 is 23.4 Å². The molecular formula is C18H23N7O3. The van der Waals surface area contributed by atoms with E-state index >= 15 is 0 Å². The number of carboxylic acids is 1. The van der Waals surface area contributed by atoms with Gasteiger partial charge in [-0.1, -0.05) is 0 Å². The second-order valence-corrected chi connectivity index (χ2v) is 6.86. The fourth-order valence-electron chi connectivity index (χ4n) is 3.50. The number of aromatic nitrogens is 4. The van der Waals surface area contributed by atoms with Crippen LogP contribution >= 0.6 is 0 Å². The van der Waals surface area contributed by atoms with Gasteiger partial charge in [-0.2, -0.15) is 0 Å². The maximum Gasteiger partial charge on any atom is 0.356 e. The summed E-state index contributed by atoms with van der Waals surface area (Å²) in [5, 5.41) is 12.3. The second-order valence-electron chi connectivity index (χ2n) is 6.86. The van der Waals surface area contributed by atoms with Gasteiger partial charge in [-0.25, -0.2) is 24.7 Å². The van der Waals surface area contributed by atoms with E-state index < -0.39 is 5.97 Å². The summed E-state index contributed by atoms with van der Waals surface area (Å²) in [4.78, 5) is 32.3. The third-order valence-electron chi connectivity index (χ3n) is 4.94. The van der Waals surface area contributed by atoms with Crippen molar-refractivity contribution < 1.29 is 14.6 Å². The van der Waals surface area contributed by atoms with Crippen molar-refractivity contribution in [2.24, 2.45) is 0 Å². The molecule has 10 heteroatoms. The van der Waals surface area contributed by atoms with Crippen LogP contribution in [0.25, 0.3) is 0 Å². The Hall–Kier alpha value is -3.01. The number of anilines is 3. The summed E-state index contributed by atoms with van der Waals surface area (Å²) in [6.07, 6.45) is 6.37. The summed E-state index contributed by atoms with van der Waals surface area (Å²) in [6.45, 7) is 4.83. The molecule has 0 radical (unpaired) electrons. The molecule has 0 spiro atoms. The highest BCUT2D eigenvalue weighted by Crippen LogP contribution is 2.23. The lowest BCUT2D eigenvalue weighted by Crippen LogP contribution is -2.43. The molecule has 2 aromatic heterocycles. The number of carbonyl (C=O) groups is 1. The Morgan fingerprint density at radius 1 is 1.07 bits per heavy atom. The van der Waals surface area contributed by atoms with Gasteiger partial charge in [-0.3, -0.25) is 0 Å². The van der Waals surface area contributed by atoms with Crippen molar-refractivity contribution in [2.75, 3.05) is 54.5 Å². The largest absolute Gasteiger partial charge is 0.476 e. The molecule has 0 bridgehead atoms. The van der Waals surface area contributed by atoms with E-state index in [2.05, 4.69) is 35.1 Å². The first-order valence-electron chi connectivity index (χ1n) is 9.40. The molecule has 10 nitrogen and oxygen atoms in total. The summed E-state index contributed by atoms with van der Waals surface area (Å²) in [7, 11) is 0. The Labute approximate surface area is 162 Å². The fourth-order valence-corrected chi connectivity index (χ4v) is 3.50. The van der Waals surface area contributed by atoms with Crippen LogP contribution < -0.4 is 15.1 Å². The van der Waals surface area contributed by atoms with Gasteiger partial charge in [0.15, 0.2) is 5.69 Å². The van der Waals surface area contributed by atoms with Crippen molar-refractivity contribution in [1.82, 2.24) is 19.9 Å². The van der Waals surface area contributed by atoms with Crippen molar-refractivity contribution in [3.8, 4) is 0 Å². The monoisotopic (exact) mass is 385 g/mol. The topological polar surface area (TPSA) is 117 Å². The molecule has 0 amide bonds. The van der Waals surface area contributed by atoms with E-state index in [0.29, 0.717) is 5.82 Å². The van der Waals surface area contributed by atoms with Gasteiger partial charge in [-0.05, 0) is 12.8 Å². The normalized spacial score (nSPS) is 20.1. The van der Waals surface area contributed by atoms with Crippen molar-refractivity contribution in [2.45, 2.75) is 18.9 Å². The zero-order chi connectivity index (χ0) is 19.3. The third kappa shape index (κ3) is 4.28. The van der Waals surface area contributed by atoms with Crippen LogP contribution in [0.2, 0.25) is 0 Å². The number of piperidine rings is 1. The van der Waals surface area contributed by atoms with Crippen LogP contribution in [-0.2, 0) is 4.74 Å². The van der Waals surface area contributed by atoms with Crippen LogP contribution in [0.1, 0.15) is 23.3 Å². The first kappa shape index (κ1) is 18.4. The zero-order valence-electron chi connectivity index (χ0n) is 15.5. The molecule has 2 aliphatic heterocycles. The Morgan fingerprint density at radius 2 is 1.86 bits per heavy atom. The van der Waals surface area contributed by atoms with Crippen LogP contribution in [-0.4, -0.2) is 76.4 Å². The number of rotatable bonds is 5.